The number of nitrogens with one attached hydrogen (secondary N) is 1. The lowest BCUT2D eigenvalue weighted by Gasteiger charge is -2.22. The first-order valence-electron chi connectivity index (χ1n) is 5.29. The van der Waals surface area contributed by atoms with Crippen LogP contribution in [-0.2, 0) is 6.42 Å². The summed E-state index contributed by atoms with van der Waals surface area (Å²) in [7, 11) is 0. The predicted octanol–water partition coefficient (Wildman–Crippen LogP) is 3.44. The molecule has 1 aliphatic heterocycles. The zero-order valence-electron chi connectivity index (χ0n) is 8.26. The zero-order chi connectivity index (χ0) is 9.80. The van der Waals surface area contributed by atoms with Gasteiger partial charge in [0.05, 0.1) is 3.79 Å². The van der Waals surface area contributed by atoms with E-state index in [2.05, 4.69) is 33.4 Å². The molecule has 14 heavy (non-hydrogen) atoms. The van der Waals surface area contributed by atoms with Gasteiger partial charge in [-0.05, 0) is 72.8 Å². The van der Waals surface area contributed by atoms with E-state index in [0.29, 0.717) is 0 Å². The molecule has 1 aromatic heterocycles. The molecule has 0 unspecified atom stereocenters. The van der Waals surface area contributed by atoms with E-state index in [4.69, 9.17) is 0 Å². The van der Waals surface area contributed by atoms with E-state index in [9.17, 15) is 0 Å². The molecular formula is C11H16BrNS. The third kappa shape index (κ3) is 3.07. The minimum atomic E-state index is 0.956. The summed E-state index contributed by atoms with van der Waals surface area (Å²) < 4.78 is 1.26. The Bertz CT molecular complexity index is 279. The van der Waals surface area contributed by atoms with E-state index >= 15 is 0 Å². The van der Waals surface area contributed by atoms with Gasteiger partial charge in [-0.2, -0.15) is 0 Å². The van der Waals surface area contributed by atoms with Crippen molar-refractivity contribution in [3.05, 3.63) is 20.8 Å². The molecule has 1 saturated heterocycles. The van der Waals surface area contributed by atoms with E-state index in [-0.39, 0.29) is 0 Å². The van der Waals surface area contributed by atoms with E-state index in [1.165, 1.54) is 47.4 Å². The second-order valence-electron chi connectivity index (χ2n) is 3.94. The highest BCUT2D eigenvalue weighted by atomic mass is 79.9. The average Bonchev–Trinajstić information content (AvgIpc) is 2.63. The summed E-state index contributed by atoms with van der Waals surface area (Å²) in [6.45, 7) is 2.44. The maximum absolute atomic E-state index is 3.51. The van der Waals surface area contributed by atoms with Gasteiger partial charge in [0.2, 0.25) is 0 Å². The number of hydrogen-bond donors (Lipinski definition) is 1. The molecule has 78 valence electrons. The smallest absolute Gasteiger partial charge is 0.0701 e. The normalized spacial score (nSPS) is 18.6. The molecule has 3 heteroatoms. The standard InChI is InChI=1S/C11H16BrNS/c12-11-4-3-10(14-11)2-1-9-5-7-13-8-6-9/h3-4,9,13H,1-2,5-8H2. The highest BCUT2D eigenvalue weighted by Gasteiger charge is 2.12. The molecule has 0 spiro atoms. The number of rotatable bonds is 3. The molecule has 0 radical (unpaired) electrons. The second-order valence-corrected chi connectivity index (χ2v) is 6.49. The maximum Gasteiger partial charge on any atom is 0.0701 e. The fraction of sp³-hybridized carbons (Fsp3) is 0.636. The largest absolute Gasteiger partial charge is 0.317 e. The number of aryl methyl sites for hydroxylation is 1. The lowest BCUT2D eigenvalue weighted by atomic mass is 9.93. The van der Waals surface area contributed by atoms with Crippen LogP contribution in [0, 0.1) is 5.92 Å². The van der Waals surface area contributed by atoms with Crippen molar-refractivity contribution >= 4 is 27.3 Å². The van der Waals surface area contributed by atoms with Crippen molar-refractivity contribution in [2.75, 3.05) is 13.1 Å². The highest BCUT2D eigenvalue weighted by molar-refractivity contribution is 9.11. The van der Waals surface area contributed by atoms with Gasteiger partial charge in [0.25, 0.3) is 0 Å². The predicted molar refractivity (Wildman–Crippen MR) is 65.9 cm³/mol. The van der Waals surface area contributed by atoms with Crippen molar-refractivity contribution < 1.29 is 0 Å². The zero-order valence-corrected chi connectivity index (χ0v) is 10.7. The van der Waals surface area contributed by atoms with Crippen molar-refractivity contribution in [1.29, 1.82) is 0 Å². The first-order chi connectivity index (χ1) is 6.84. The minimum Gasteiger partial charge on any atom is -0.317 e. The van der Waals surface area contributed by atoms with Crippen molar-refractivity contribution in [3.63, 3.8) is 0 Å². The van der Waals surface area contributed by atoms with Crippen LogP contribution in [0.2, 0.25) is 0 Å². The van der Waals surface area contributed by atoms with Gasteiger partial charge in [-0.3, -0.25) is 0 Å². The Balaban J connectivity index is 1.76. The highest BCUT2D eigenvalue weighted by Crippen LogP contribution is 2.25. The Morgan fingerprint density at radius 1 is 1.36 bits per heavy atom. The first-order valence-corrected chi connectivity index (χ1v) is 6.90. The van der Waals surface area contributed by atoms with Crippen LogP contribution in [0.5, 0.6) is 0 Å². The Morgan fingerprint density at radius 3 is 2.79 bits per heavy atom. The summed E-state index contributed by atoms with van der Waals surface area (Å²) in [6.07, 6.45) is 5.37. The topological polar surface area (TPSA) is 12.0 Å². The van der Waals surface area contributed by atoms with Crippen molar-refractivity contribution in [3.8, 4) is 0 Å². The molecule has 1 nitrogen and oxygen atoms in total. The Morgan fingerprint density at radius 2 is 2.14 bits per heavy atom. The summed E-state index contributed by atoms with van der Waals surface area (Å²) in [4.78, 5) is 1.52. The fourth-order valence-electron chi connectivity index (χ4n) is 2.00. The lowest BCUT2D eigenvalue weighted by Crippen LogP contribution is -2.27. The third-order valence-corrected chi connectivity index (χ3v) is 4.57. The molecule has 0 saturated carbocycles. The van der Waals surface area contributed by atoms with Gasteiger partial charge in [-0.25, -0.2) is 0 Å². The van der Waals surface area contributed by atoms with Crippen LogP contribution in [0.3, 0.4) is 0 Å². The van der Waals surface area contributed by atoms with Crippen LogP contribution in [0.4, 0.5) is 0 Å². The van der Waals surface area contributed by atoms with Crippen molar-refractivity contribution in [1.82, 2.24) is 5.32 Å². The summed E-state index contributed by atoms with van der Waals surface area (Å²) in [5, 5.41) is 3.41. The van der Waals surface area contributed by atoms with Gasteiger partial charge in [-0.1, -0.05) is 0 Å². The average molecular weight is 274 g/mol. The van der Waals surface area contributed by atoms with Gasteiger partial charge in [0.15, 0.2) is 0 Å². The van der Waals surface area contributed by atoms with Gasteiger partial charge in [-0.15, -0.1) is 11.3 Å². The van der Waals surface area contributed by atoms with Crippen LogP contribution >= 0.6 is 27.3 Å². The number of piperidine rings is 1. The monoisotopic (exact) mass is 273 g/mol. The van der Waals surface area contributed by atoms with Gasteiger partial charge in [0, 0.05) is 4.88 Å². The summed E-state index contributed by atoms with van der Waals surface area (Å²) in [5.74, 6) is 0.956. The van der Waals surface area contributed by atoms with E-state index in [0.717, 1.165) is 5.92 Å². The van der Waals surface area contributed by atoms with Crippen LogP contribution in [-0.4, -0.2) is 13.1 Å². The Hall–Kier alpha value is 0.140. The molecule has 2 rings (SSSR count). The van der Waals surface area contributed by atoms with Crippen LogP contribution in [0.25, 0.3) is 0 Å². The van der Waals surface area contributed by atoms with E-state index in [1.807, 2.05) is 11.3 Å². The molecule has 0 bridgehead atoms. The van der Waals surface area contributed by atoms with E-state index in [1.54, 1.807) is 0 Å². The molecular weight excluding hydrogens is 258 g/mol. The van der Waals surface area contributed by atoms with Gasteiger partial charge >= 0.3 is 0 Å². The van der Waals surface area contributed by atoms with Gasteiger partial charge < -0.3 is 5.32 Å². The Labute approximate surface area is 98.0 Å². The molecule has 1 fully saturated rings. The third-order valence-electron chi connectivity index (χ3n) is 2.89. The molecule has 1 aliphatic rings. The SMILES string of the molecule is Brc1ccc(CCC2CCNCC2)s1. The number of thiophene rings is 1. The fourth-order valence-corrected chi connectivity index (χ4v) is 3.50. The van der Waals surface area contributed by atoms with Crippen LogP contribution in [0.15, 0.2) is 15.9 Å². The summed E-state index contributed by atoms with van der Waals surface area (Å²) in [5.41, 5.74) is 0. The first kappa shape index (κ1) is 10.7. The molecule has 1 N–H and O–H groups in total. The maximum atomic E-state index is 3.51. The number of hydrogen-bond acceptors (Lipinski definition) is 2. The minimum absolute atomic E-state index is 0.956. The summed E-state index contributed by atoms with van der Waals surface area (Å²) >= 11 is 5.38. The molecule has 1 aromatic rings. The molecule has 0 aliphatic carbocycles. The second kappa shape index (κ2) is 5.29. The van der Waals surface area contributed by atoms with Crippen LogP contribution < -0.4 is 5.32 Å². The molecule has 0 amide bonds. The van der Waals surface area contributed by atoms with Crippen molar-refractivity contribution in [2.24, 2.45) is 5.92 Å². The lowest BCUT2D eigenvalue weighted by molar-refractivity contribution is 0.355. The molecule has 0 aromatic carbocycles. The Kier molecular flexibility index (Phi) is 4.02. The quantitative estimate of drug-likeness (QED) is 0.890. The number of halogens is 1. The molecule has 2 heterocycles. The molecule has 0 atom stereocenters. The van der Waals surface area contributed by atoms with Crippen molar-refractivity contribution in [2.45, 2.75) is 25.7 Å². The summed E-state index contributed by atoms with van der Waals surface area (Å²) in [6, 6.07) is 4.40. The van der Waals surface area contributed by atoms with E-state index < -0.39 is 0 Å². The van der Waals surface area contributed by atoms with Gasteiger partial charge in [0.1, 0.15) is 0 Å². The van der Waals surface area contributed by atoms with Crippen LogP contribution in [0.1, 0.15) is 24.1 Å².